The predicted molar refractivity (Wildman–Crippen MR) is 122 cm³/mol. The van der Waals surface area contributed by atoms with E-state index >= 15 is 0 Å². The van der Waals surface area contributed by atoms with Crippen LogP contribution in [-0.4, -0.2) is 54.6 Å². The molecule has 1 aromatic heterocycles. The van der Waals surface area contributed by atoms with Crippen LogP contribution in [0.3, 0.4) is 0 Å². The topological polar surface area (TPSA) is 74.8 Å². The number of hydrogen-bond donors (Lipinski definition) is 1. The van der Waals surface area contributed by atoms with Crippen molar-refractivity contribution in [2.75, 3.05) is 37.6 Å². The highest BCUT2D eigenvalue weighted by atomic mass is 16.6. The molecule has 2 amide bonds. The van der Waals surface area contributed by atoms with Gasteiger partial charge >= 0.3 is 6.09 Å². The molecule has 0 aliphatic carbocycles. The average molecular weight is 425 g/mol. The molecule has 0 radical (unpaired) electrons. The molecule has 1 N–H and O–H groups in total. The van der Waals surface area contributed by atoms with E-state index in [0.717, 1.165) is 17.8 Å². The van der Waals surface area contributed by atoms with Crippen LogP contribution in [0.15, 0.2) is 42.6 Å². The zero-order valence-electron chi connectivity index (χ0n) is 18.9. The number of pyridine rings is 1. The first-order valence-electron chi connectivity index (χ1n) is 10.7. The summed E-state index contributed by atoms with van der Waals surface area (Å²) in [4.78, 5) is 33.0. The minimum atomic E-state index is -0.376. The minimum Gasteiger partial charge on any atom is -0.410 e. The van der Waals surface area contributed by atoms with Crippen molar-refractivity contribution in [3.63, 3.8) is 0 Å². The summed E-state index contributed by atoms with van der Waals surface area (Å²) in [7, 11) is 0. The Morgan fingerprint density at radius 1 is 1.03 bits per heavy atom. The summed E-state index contributed by atoms with van der Waals surface area (Å²) in [6.45, 7) is 11.6. The molecule has 7 heteroatoms. The van der Waals surface area contributed by atoms with Crippen LogP contribution in [0.4, 0.5) is 10.6 Å². The van der Waals surface area contributed by atoms with Gasteiger partial charge in [-0.25, -0.2) is 9.78 Å². The second-order valence-corrected chi connectivity index (χ2v) is 9.13. The molecule has 2 heterocycles. The van der Waals surface area contributed by atoms with Crippen molar-refractivity contribution in [3.05, 3.63) is 53.7 Å². The first-order chi connectivity index (χ1) is 14.7. The Labute approximate surface area is 184 Å². The van der Waals surface area contributed by atoms with Crippen LogP contribution < -0.4 is 15.0 Å². The Balaban J connectivity index is 1.46. The first-order valence-corrected chi connectivity index (χ1v) is 10.7. The van der Waals surface area contributed by atoms with E-state index < -0.39 is 0 Å². The van der Waals surface area contributed by atoms with E-state index in [1.54, 1.807) is 29.2 Å². The lowest BCUT2D eigenvalue weighted by molar-refractivity contribution is 0.0949. The minimum absolute atomic E-state index is 0.122. The molecule has 1 saturated heterocycles. The van der Waals surface area contributed by atoms with Gasteiger partial charge in [0, 0.05) is 44.5 Å². The Bertz CT molecular complexity index is 881. The molecule has 1 fully saturated rings. The second kappa shape index (κ2) is 9.81. The number of aryl methyl sites for hydroxylation is 1. The van der Waals surface area contributed by atoms with Crippen LogP contribution in [0.5, 0.6) is 5.75 Å². The van der Waals surface area contributed by atoms with Crippen molar-refractivity contribution in [1.29, 1.82) is 0 Å². The highest BCUT2D eigenvalue weighted by molar-refractivity contribution is 5.94. The lowest BCUT2D eigenvalue weighted by Crippen LogP contribution is -2.49. The molecular weight excluding hydrogens is 392 g/mol. The van der Waals surface area contributed by atoms with Crippen molar-refractivity contribution in [2.24, 2.45) is 5.41 Å². The molecule has 31 heavy (non-hydrogen) atoms. The fourth-order valence-electron chi connectivity index (χ4n) is 3.26. The molecule has 0 saturated carbocycles. The molecular formula is C24H32N4O3. The SMILES string of the molecule is Cc1ccc(N2CCN(C(=O)Oc3ccc(C(=O)NCCC(C)(C)C)cc3)CC2)nc1. The number of aromatic nitrogens is 1. The number of hydrogen-bond acceptors (Lipinski definition) is 5. The number of benzene rings is 1. The standard InChI is InChI=1S/C24H32N4O3/c1-18-5-10-21(26-17-18)27-13-15-28(16-14-27)23(30)31-20-8-6-19(7-9-20)22(29)25-12-11-24(2,3)4/h5-10,17H,11-16H2,1-4H3,(H,25,29). The normalized spacial score (nSPS) is 14.3. The molecule has 1 aliphatic rings. The molecule has 0 atom stereocenters. The Hall–Kier alpha value is -3.09. The Morgan fingerprint density at radius 3 is 2.29 bits per heavy atom. The molecule has 0 unspecified atom stereocenters. The Morgan fingerprint density at radius 2 is 1.71 bits per heavy atom. The molecule has 2 aromatic rings. The number of piperazine rings is 1. The fraction of sp³-hybridized carbons (Fsp3) is 0.458. The van der Waals surface area contributed by atoms with Gasteiger partial charge in [0.1, 0.15) is 11.6 Å². The van der Waals surface area contributed by atoms with Crippen molar-refractivity contribution >= 4 is 17.8 Å². The third kappa shape index (κ3) is 6.70. The smallest absolute Gasteiger partial charge is 0.410 e. The second-order valence-electron chi connectivity index (χ2n) is 9.13. The van der Waals surface area contributed by atoms with Gasteiger partial charge in [0.2, 0.25) is 0 Å². The van der Waals surface area contributed by atoms with Crippen molar-refractivity contribution in [3.8, 4) is 5.75 Å². The summed E-state index contributed by atoms with van der Waals surface area (Å²) in [5.41, 5.74) is 1.85. The summed E-state index contributed by atoms with van der Waals surface area (Å²) in [5.74, 6) is 1.23. The predicted octanol–water partition coefficient (Wildman–Crippen LogP) is 3.88. The molecule has 0 spiro atoms. The molecule has 7 nitrogen and oxygen atoms in total. The number of nitrogens with one attached hydrogen (secondary N) is 1. The first kappa shape index (κ1) is 22.6. The summed E-state index contributed by atoms with van der Waals surface area (Å²) in [5, 5.41) is 2.92. The van der Waals surface area contributed by atoms with E-state index in [-0.39, 0.29) is 17.4 Å². The Kier molecular flexibility index (Phi) is 7.15. The lowest BCUT2D eigenvalue weighted by Gasteiger charge is -2.34. The van der Waals surface area contributed by atoms with E-state index in [2.05, 4.69) is 36.0 Å². The molecule has 0 bridgehead atoms. The van der Waals surface area contributed by atoms with Gasteiger partial charge in [-0.3, -0.25) is 4.79 Å². The van der Waals surface area contributed by atoms with Crippen LogP contribution in [0, 0.1) is 12.3 Å². The maximum atomic E-state index is 12.5. The number of anilines is 1. The number of rotatable bonds is 5. The van der Waals surface area contributed by atoms with Crippen LogP contribution in [0.1, 0.15) is 43.1 Å². The quantitative estimate of drug-likeness (QED) is 0.789. The van der Waals surface area contributed by atoms with Gasteiger partial charge in [-0.2, -0.15) is 0 Å². The highest BCUT2D eigenvalue weighted by Crippen LogP contribution is 2.18. The van der Waals surface area contributed by atoms with Crippen molar-refractivity contribution in [1.82, 2.24) is 15.2 Å². The van der Waals surface area contributed by atoms with Gasteiger partial charge in [0.15, 0.2) is 0 Å². The van der Waals surface area contributed by atoms with Crippen molar-refractivity contribution in [2.45, 2.75) is 34.1 Å². The van der Waals surface area contributed by atoms with Crippen LogP contribution in [0.2, 0.25) is 0 Å². The van der Waals surface area contributed by atoms with Gasteiger partial charge in [-0.05, 0) is 54.7 Å². The highest BCUT2D eigenvalue weighted by Gasteiger charge is 2.23. The number of amides is 2. The summed E-state index contributed by atoms with van der Waals surface area (Å²) in [6, 6.07) is 10.7. The summed E-state index contributed by atoms with van der Waals surface area (Å²) < 4.78 is 5.49. The van der Waals surface area contributed by atoms with E-state index in [1.165, 1.54) is 0 Å². The average Bonchev–Trinajstić information content (AvgIpc) is 2.74. The van der Waals surface area contributed by atoms with Gasteiger partial charge in [-0.15, -0.1) is 0 Å². The van der Waals surface area contributed by atoms with Crippen LogP contribution >= 0.6 is 0 Å². The van der Waals surface area contributed by atoms with Gasteiger partial charge < -0.3 is 19.9 Å². The third-order valence-electron chi connectivity index (χ3n) is 5.24. The van der Waals surface area contributed by atoms with Crippen molar-refractivity contribution < 1.29 is 14.3 Å². The fourth-order valence-corrected chi connectivity index (χ4v) is 3.26. The van der Waals surface area contributed by atoms with Crippen LogP contribution in [0.25, 0.3) is 0 Å². The zero-order valence-corrected chi connectivity index (χ0v) is 18.9. The van der Waals surface area contributed by atoms with Crippen LogP contribution in [-0.2, 0) is 0 Å². The summed E-state index contributed by atoms with van der Waals surface area (Å²) >= 11 is 0. The molecule has 1 aromatic carbocycles. The van der Waals surface area contributed by atoms with E-state index in [9.17, 15) is 9.59 Å². The van der Waals surface area contributed by atoms with E-state index in [4.69, 9.17) is 4.74 Å². The summed E-state index contributed by atoms with van der Waals surface area (Å²) in [6.07, 6.45) is 2.38. The van der Waals surface area contributed by atoms with E-state index in [0.29, 0.717) is 44.0 Å². The lowest BCUT2D eigenvalue weighted by atomic mass is 9.92. The van der Waals surface area contributed by atoms with Gasteiger partial charge in [0.05, 0.1) is 0 Å². The molecule has 1 aliphatic heterocycles. The maximum Gasteiger partial charge on any atom is 0.415 e. The number of nitrogens with zero attached hydrogens (tertiary/aromatic N) is 3. The van der Waals surface area contributed by atoms with E-state index in [1.807, 2.05) is 25.3 Å². The number of carbonyl (C=O) groups is 2. The molecule has 3 rings (SSSR count). The largest absolute Gasteiger partial charge is 0.415 e. The third-order valence-corrected chi connectivity index (χ3v) is 5.24. The monoisotopic (exact) mass is 424 g/mol. The van der Waals surface area contributed by atoms with Gasteiger partial charge in [0.25, 0.3) is 5.91 Å². The number of ether oxygens (including phenoxy) is 1. The molecule has 166 valence electrons. The maximum absolute atomic E-state index is 12.5. The number of carbonyl (C=O) groups excluding carboxylic acids is 2. The zero-order chi connectivity index (χ0) is 22.4. The van der Waals surface area contributed by atoms with Gasteiger partial charge in [-0.1, -0.05) is 26.8 Å².